The molecule has 0 fully saturated rings. The lowest BCUT2D eigenvalue weighted by Crippen LogP contribution is -3.00. The maximum Gasteiger partial charge on any atom is 0.394 e. The van der Waals surface area contributed by atoms with Gasteiger partial charge in [0, 0.05) is 0 Å². The zero-order valence-corrected chi connectivity index (χ0v) is 11.5. The molecular formula is C9H19Cl2F3N2. The van der Waals surface area contributed by atoms with Crippen molar-refractivity contribution in [3.05, 3.63) is 0 Å². The van der Waals surface area contributed by atoms with Crippen molar-refractivity contribution in [1.29, 1.82) is 0 Å². The number of halogens is 5. The van der Waals surface area contributed by atoms with Gasteiger partial charge in [0.05, 0.1) is 39.1 Å². The van der Waals surface area contributed by atoms with Crippen LogP contribution in [0.2, 0.25) is 0 Å². The van der Waals surface area contributed by atoms with Gasteiger partial charge in [-0.15, -0.1) is 0 Å². The molecule has 0 bridgehead atoms. The van der Waals surface area contributed by atoms with E-state index in [0.29, 0.717) is 6.54 Å². The summed E-state index contributed by atoms with van der Waals surface area (Å²) in [5.41, 5.74) is -0.378. The molecule has 0 aromatic carbocycles. The Morgan fingerprint density at radius 3 is 1.94 bits per heavy atom. The number of alkyl halides is 3. The SMILES string of the molecule is CC(C)(C[N+](C)(C)CCC(F)(F)F)NCl.[Cl-]. The van der Waals surface area contributed by atoms with Crippen LogP contribution >= 0.6 is 11.8 Å². The Morgan fingerprint density at radius 1 is 1.19 bits per heavy atom. The van der Waals surface area contributed by atoms with Crippen molar-refractivity contribution >= 4 is 11.8 Å². The standard InChI is InChI=1S/C9H19ClF3N2.ClH/c1-8(2,14-10)7-15(3,4)6-5-9(11,12)13;/h14H,5-7H2,1-4H3;1H/q+1;/p-1. The molecule has 0 unspecified atom stereocenters. The molecule has 0 amide bonds. The molecule has 0 atom stereocenters. The summed E-state index contributed by atoms with van der Waals surface area (Å²) < 4.78 is 36.4. The number of nitrogens with one attached hydrogen (secondary N) is 1. The number of quaternary nitrogens is 1. The first-order valence-electron chi connectivity index (χ1n) is 4.74. The average molecular weight is 283 g/mol. The van der Waals surface area contributed by atoms with Crippen LogP contribution in [0.4, 0.5) is 13.2 Å². The molecule has 0 aromatic heterocycles. The van der Waals surface area contributed by atoms with Crippen LogP contribution in [0.25, 0.3) is 0 Å². The first kappa shape index (κ1) is 18.6. The zero-order valence-electron chi connectivity index (χ0n) is 9.96. The summed E-state index contributed by atoms with van der Waals surface area (Å²) in [6.07, 6.45) is -4.85. The van der Waals surface area contributed by atoms with Crippen LogP contribution in [-0.4, -0.2) is 43.4 Å². The van der Waals surface area contributed by atoms with Gasteiger partial charge in [-0.25, -0.2) is 4.84 Å². The number of hydrogen-bond donors (Lipinski definition) is 1. The third-order valence-corrected chi connectivity index (χ3v) is 2.59. The lowest BCUT2D eigenvalue weighted by atomic mass is 10.1. The van der Waals surface area contributed by atoms with Gasteiger partial charge in [0.25, 0.3) is 0 Å². The van der Waals surface area contributed by atoms with E-state index < -0.39 is 12.6 Å². The van der Waals surface area contributed by atoms with Crippen LogP contribution in [0.3, 0.4) is 0 Å². The van der Waals surface area contributed by atoms with Crippen LogP contribution in [0.15, 0.2) is 0 Å². The average Bonchev–Trinajstić information content (AvgIpc) is 1.98. The molecule has 7 heteroatoms. The van der Waals surface area contributed by atoms with Gasteiger partial charge in [-0.05, 0) is 25.6 Å². The van der Waals surface area contributed by atoms with Crippen molar-refractivity contribution in [3.63, 3.8) is 0 Å². The second-order valence-electron chi connectivity index (χ2n) is 5.16. The molecule has 0 aliphatic carbocycles. The predicted octanol–water partition coefficient (Wildman–Crippen LogP) is -0.459. The van der Waals surface area contributed by atoms with Gasteiger partial charge < -0.3 is 16.9 Å². The van der Waals surface area contributed by atoms with Gasteiger partial charge in [-0.2, -0.15) is 13.2 Å². The van der Waals surface area contributed by atoms with Crippen molar-refractivity contribution in [2.75, 3.05) is 27.2 Å². The Balaban J connectivity index is 0. The third kappa shape index (κ3) is 9.51. The molecule has 0 rings (SSSR count). The minimum atomic E-state index is -4.09. The molecule has 0 aliphatic rings. The molecule has 0 radical (unpaired) electrons. The third-order valence-electron chi connectivity index (χ3n) is 2.08. The highest BCUT2D eigenvalue weighted by molar-refractivity contribution is 6.13. The van der Waals surface area contributed by atoms with E-state index in [9.17, 15) is 13.2 Å². The smallest absolute Gasteiger partial charge is 0.394 e. The molecule has 100 valence electrons. The molecule has 0 aliphatic heterocycles. The highest BCUT2D eigenvalue weighted by Crippen LogP contribution is 2.22. The van der Waals surface area contributed by atoms with Crippen LogP contribution in [0.5, 0.6) is 0 Å². The highest BCUT2D eigenvalue weighted by Gasteiger charge is 2.34. The molecule has 0 saturated heterocycles. The van der Waals surface area contributed by atoms with Crippen molar-refractivity contribution in [2.45, 2.75) is 32.0 Å². The molecule has 1 N–H and O–H groups in total. The summed E-state index contributed by atoms with van der Waals surface area (Å²) in [6.45, 7) is 4.30. The number of rotatable bonds is 5. The summed E-state index contributed by atoms with van der Waals surface area (Å²) in [5.74, 6) is 0. The summed E-state index contributed by atoms with van der Waals surface area (Å²) in [5, 5.41) is 0. The van der Waals surface area contributed by atoms with E-state index in [1.54, 1.807) is 14.1 Å². The largest absolute Gasteiger partial charge is 1.00 e. The van der Waals surface area contributed by atoms with Crippen LogP contribution < -0.4 is 17.2 Å². The van der Waals surface area contributed by atoms with Crippen LogP contribution in [0.1, 0.15) is 20.3 Å². The second kappa shape index (κ2) is 6.28. The van der Waals surface area contributed by atoms with Gasteiger partial charge in [0.1, 0.15) is 0 Å². The fourth-order valence-corrected chi connectivity index (χ4v) is 1.67. The second-order valence-corrected chi connectivity index (χ2v) is 5.35. The Kier molecular flexibility index (Phi) is 7.32. The fraction of sp³-hybridized carbons (Fsp3) is 1.00. The van der Waals surface area contributed by atoms with Crippen LogP contribution in [-0.2, 0) is 0 Å². The van der Waals surface area contributed by atoms with E-state index >= 15 is 0 Å². The molecule has 0 heterocycles. The monoisotopic (exact) mass is 282 g/mol. The first-order chi connectivity index (χ1) is 6.47. The van der Waals surface area contributed by atoms with E-state index in [0.717, 1.165) is 0 Å². The van der Waals surface area contributed by atoms with Gasteiger partial charge in [-0.3, -0.25) is 0 Å². The topological polar surface area (TPSA) is 12.0 Å². The Morgan fingerprint density at radius 2 is 1.62 bits per heavy atom. The Hall–Kier alpha value is 0.290. The van der Waals surface area contributed by atoms with E-state index in [-0.39, 0.29) is 29.0 Å². The van der Waals surface area contributed by atoms with Crippen molar-refractivity contribution in [1.82, 2.24) is 4.84 Å². The highest BCUT2D eigenvalue weighted by atomic mass is 35.5. The van der Waals surface area contributed by atoms with E-state index in [1.165, 1.54) is 0 Å². The Bertz CT molecular complexity index is 205. The van der Waals surface area contributed by atoms with Crippen molar-refractivity contribution in [3.8, 4) is 0 Å². The fourth-order valence-electron chi connectivity index (χ4n) is 1.61. The number of hydrogen-bond acceptors (Lipinski definition) is 1. The minimum Gasteiger partial charge on any atom is -1.00 e. The van der Waals surface area contributed by atoms with E-state index in [2.05, 4.69) is 4.84 Å². The van der Waals surface area contributed by atoms with E-state index in [1.807, 2.05) is 13.8 Å². The van der Waals surface area contributed by atoms with Crippen molar-refractivity contribution < 1.29 is 30.1 Å². The zero-order chi connectivity index (χ0) is 12.3. The van der Waals surface area contributed by atoms with Crippen LogP contribution in [0, 0.1) is 0 Å². The van der Waals surface area contributed by atoms with Gasteiger partial charge >= 0.3 is 6.18 Å². The molecule has 16 heavy (non-hydrogen) atoms. The predicted molar refractivity (Wildman–Crippen MR) is 55.6 cm³/mol. The normalized spacial score (nSPS) is 13.5. The quantitative estimate of drug-likeness (QED) is 0.532. The first-order valence-corrected chi connectivity index (χ1v) is 5.12. The summed E-state index contributed by atoms with van der Waals surface area (Å²) in [4.78, 5) is 2.57. The van der Waals surface area contributed by atoms with Gasteiger partial charge in [-0.1, -0.05) is 0 Å². The molecular weight excluding hydrogens is 264 g/mol. The maximum absolute atomic E-state index is 12.0. The number of nitrogens with zero attached hydrogens (tertiary/aromatic N) is 1. The van der Waals surface area contributed by atoms with Gasteiger partial charge in [0.15, 0.2) is 0 Å². The minimum absolute atomic E-state index is 0. The summed E-state index contributed by atoms with van der Waals surface area (Å²) in [7, 11) is 3.53. The summed E-state index contributed by atoms with van der Waals surface area (Å²) in [6, 6.07) is 0. The summed E-state index contributed by atoms with van der Waals surface area (Å²) >= 11 is 5.51. The van der Waals surface area contributed by atoms with Crippen molar-refractivity contribution in [2.24, 2.45) is 0 Å². The molecule has 0 spiro atoms. The molecule has 0 aromatic rings. The lowest BCUT2D eigenvalue weighted by molar-refractivity contribution is -0.895. The molecule has 2 nitrogen and oxygen atoms in total. The Labute approximate surface area is 106 Å². The molecule has 0 saturated carbocycles. The maximum atomic E-state index is 12.0. The lowest BCUT2D eigenvalue weighted by Gasteiger charge is -2.36. The van der Waals surface area contributed by atoms with E-state index in [4.69, 9.17) is 11.8 Å². The number of likely N-dealkylation sites (N-methyl/N-ethyl adjacent to an activating group) is 1. The van der Waals surface area contributed by atoms with Gasteiger partial charge in [0.2, 0.25) is 0 Å².